The summed E-state index contributed by atoms with van der Waals surface area (Å²) in [4.78, 5) is 14.9. The fraction of sp³-hybridized carbons (Fsp3) is 0.409. The third kappa shape index (κ3) is 4.73. The van der Waals surface area contributed by atoms with Gasteiger partial charge in [-0.15, -0.1) is 0 Å². The van der Waals surface area contributed by atoms with Gasteiger partial charge in [0.2, 0.25) is 10.0 Å². The SMILES string of the molecule is O=C(NCCN1CCOCC1)c1cccc(S(=O)(=O)N2CCc3ccccc3C2)c1. The molecule has 8 heteroatoms. The maximum Gasteiger partial charge on any atom is 0.251 e. The minimum atomic E-state index is -3.67. The number of carbonyl (C=O) groups excluding carboxylic acids is 1. The van der Waals surface area contributed by atoms with Crippen LogP contribution in [0.15, 0.2) is 53.4 Å². The Balaban J connectivity index is 1.41. The van der Waals surface area contributed by atoms with Crippen molar-refractivity contribution in [3.8, 4) is 0 Å². The Morgan fingerprint density at radius 1 is 1.00 bits per heavy atom. The molecule has 1 saturated heterocycles. The van der Waals surface area contributed by atoms with Crippen LogP contribution in [0, 0.1) is 0 Å². The summed E-state index contributed by atoms with van der Waals surface area (Å²) >= 11 is 0. The quantitative estimate of drug-likeness (QED) is 0.753. The standard InChI is InChI=1S/C22H27N3O4S/c26-22(23-9-11-24-12-14-29-15-13-24)19-6-3-7-21(16-19)30(27,28)25-10-8-18-4-1-2-5-20(18)17-25/h1-7,16H,8-15,17H2,(H,23,26). The van der Waals surface area contributed by atoms with Crippen molar-refractivity contribution in [2.75, 3.05) is 45.9 Å². The maximum atomic E-state index is 13.2. The molecule has 4 rings (SSSR count). The average Bonchev–Trinajstić information content (AvgIpc) is 2.79. The highest BCUT2D eigenvalue weighted by molar-refractivity contribution is 7.89. The first-order valence-corrected chi connectivity index (χ1v) is 11.7. The van der Waals surface area contributed by atoms with Crippen molar-refractivity contribution in [1.29, 1.82) is 0 Å². The van der Waals surface area contributed by atoms with E-state index in [1.165, 1.54) is 15.9 Å². The number of nitrogens with zero attached hydrogens (tertiary/aromatic N) is 2. The minimum Gasteiger partial charge on any atom is -0.379 e. The topological polar surface area (TPSA) is 79.0 Å². The van der Waals surface area contributed by atoms with E-state index in [0.29, 0.717) is 31.6 Å². The third-order valence-corrected chi connectivity index (χ3v) is 7.49. The molecule has 1 fully saturated rings. The lowest BCUT2D eigenvalue weighted by Crippen LogP contribution is -2.41. The van der Waals surface area contributed by atoms with Gasteiger partial charge in [-0.25, -0.2) is 8.42 Å². The maximum absolute atomic E-state index is 13.2. The van der Waals surface area contributed by atoms with Crippen LogP contribution in [0.5, 0.6) is 0 Å². The number of benzene rings is 2. The summed E-state index contributed by atoms with van der Waals surface area (Å²) in [6.07, 6.45) is 0.692. The number of fused-ring (bicyclic) bond motifs is 1. The van der Waals surface area contributed by atoms with Crippen LogP contribution in [-0.4, -0.2) is 69.5 Å². The van der Waals surface area contributed by atoms with Crippen molar-refractivity contribution < 1.29 is 17.9 Å². The Labute approximate surface area is 177 Å². The number of morpholine rings is 1. The van der Waals surface area contributed by atoms with E-state index in [1.54, 1.807) is 18.2 Å². The second kappa shape index (κ2) is 9.26. The second-order valence-electron chi connectivity index (χ2n) is 7.60. The molecule has 2 aliphatic rings. The van der Waals surface area contributed by atoms with Crippen LogP contribution in [0.3, 0.4) is 0 Å². The van der Waals surface area contributed by atoms with E-state index in [-0.39, 0.29) is 10.8 Å². The van der Waals surface area contributed by atoms with Crippen LogP contribution in [0.2, 0.25) is 0 Å². The van der Waals surface area contributed by atoms with E-state index in [2.05, 4.69) is 10.2 Å². The molecule has 0 bridgehead atoms. The molecule has 2 aromatic rings. The van der Waals surface area contributed by atoms with Gasteiger partial charge in [0.1, 0.15) is 0 Å². The van der Waals surface area contributed by atoms with Gasteiger partial charge in [0.05, 0.1) is 18.1 Å². The minimum absolute atomic E-state index is 0.155. The molecular weight excluding hydrogens is 402 g/mol. The van der Waals surface area contributed by atoms with Crippen LogP contribution < -0.4 is 5.32 Å². The average molecular weight is 430 g/mol. The first-order chi connectivity index (χ1) is 14.5. The van der Waals surface area contributed by atoms with Gasteiger partial charge in [-0.1, -0.05) is 30.3 Å². The van der Waals surface area contributed by atoms with Gasteiger partial charge in [-0.3, -0.25) is 9.69 Å². The monoisotopic (exact) mass is 429 g/mol. The molecule has 1 amide bonds. The summed E-state index contributed by atoms with van der Waals surface area (Å²) in [5.74, 6) is -0.260. The fourth-order valence-corrected chi connectivity index (χ4v) is 5.34. The number of carbonyl (C=O) groups is 1. The van der Waals surface area contributed by atoms with Crippen LogP contribution in [0.1, 0.15) is 21.5 Å². The summed E-state index contributed by atoms with van der Waals surface area (Å²) in [5.41, 5.74) is 2.58. The van der Waals surface area contributed by atoms with Crippen LogP contribution in [0.4, 0.5) is 0 Å². The van der Waals surface area contributed by atoms with Gasteiger partial charge < -0.3 is 10.1 Å². The van der Waals surface area contributed by atoms with Gasteiger partial charge in [-0.05, 0) is 35.7 Å². The number of nitrogens with one attached hydrogen (secondary N) is 1. The Hall–Kier alpha value is -2.26. The number of ether oxygens (including phenoxy) is 1. The van der Waals surface area contributed by atoms with E-state index >= 15 is 0 Å². The van der Waals surface area contributed by atoms with Crippen molar-refractivity contribution in [1.82, 2.24) is 14.5 Å². The largest absolute Gasteiger partial charge is 0.379 e. The number of sulfonamides is 1. The van der Waals surface area contributed by atoms with E-state index < -0.39 is 10.0 Å². The highest BCUT2D eigenvalue weighted by atomic mass is 32.2. The molecule has 2 aliphatic heterocycles. The number of hydrogen-bond donors (Lipinski definition) is 1. The zero-order valence-electron chi connectivity index (χ0n) is 16.9. The summed E-state index contributed by atoms with van der Waals surface area (Å²) in [6.45, 7) is 5.22. The first kappa shape index (κ1) is 21.0. The smallest absolute Gasteiger partial charge is 0.251 e. The normalized spacial score (nSPS) is 18.0. The molecule has 2 aromatic carbocycles. The lowest BCUT2D eigenvalue weighted by Gasteiger charge is -2.28. The predicted octanol–water partition coefficient (Wildman–Crippen LogP) is 1.50. The van der Waals surface area contributed by atoms with Gasteiger partial charge in [-0.2, -0.15) is 4.31 Å². The molecule has 0 aromatic heterocycles. The van der Waals surface area contributed by atoms with Gasteiger partial charge >= 0.3 is 0 Å². The van der Waals surface area contributed by atoms with Crippen molar-refractivity contribution in [2.24, 2.45) is 0 Å². The molecular formula is C22H27N3O4S. The van der Waals surface area contributed by atoms with Crippen LogP contribution in [0.25, 0.3) is 0 Å². The van der Waals surface area contributed by atoms with Gasteiger partial charge in [0.15, 0.2) is 0 Å². The number of hydrogen-bond acceptors (Lipinski definition) is 5. The van der Waals surface area contributed by atoms with Crippen LogP contribution >= 0.6 is 0 Å². The molecule has 0 atom stereocenters. The first-order valence-electron chi connectivity index (χ1n) is 10.3. The highest BCUT2D eigenvalue weighted by Gasteiger charge is 2.28. The van der Waals surface area contributed by atoms with Crippen molar-refractivity contribution in [3.63, 3.8) is 0 Å². The Morgan fingerprint density at radius 2 is 1.77 bits per heavy atom. The van der Waals surface area contributed by atoms with Crippen molar-refractivity contribution in [2.45, 2.75) is 17.9 Å². The van der Waals surface area contributed by atoms with E-state index in [1.807, 2.05) is 24.3 Å². The zero-order chi connectivity index (χ0) is 21.0. The second-order valence-corrected chi connectivity index (χ2v) is 9.53. The summed E-state index contributed by atoms with van der Waals surface area (Å²) in [7, 11) is -3.67. The summed E-state index contributed by atoms with van der Waals surface area (Å²) < 4.78 is 33.1. The Kier molecular flexibility index (Phi) is 6.48. The van der Waals surface area contributed by atoms with E-state index in [0.717, 1.165) is 38.4 Å². The molecule has 0 spiro atoms. The van der Waals surface area contributed by atoms with E-state index in [9.17, 15) is 13.2 Å². The molecule has 7 nitrogen and oxygen atoms in total. The third-order valence-electron chi connectivity index (χ3n) is 5.65. The van der Waals surface area contributed by atoms with Gasteiger partial charge in [0.25, 0.3) is 5.91 Å². The highest BCUT2D eigenvalue weighted by Crippen LogP contribution is 2.25. The molecule has 0 saturated carbocycles. The number of rotatable bonds is 6. The molecule has 0 radical (unpaired) electrons. The molecule has 1 N–H and O–H groups in total. The van der Waals surface area contributed by atoms with Crippen LogP contribution in [-0.2, 0) is 27.7 Å². The Morgan fingerprint density at radius 3 is 2.57 bits per heavy atom. The Bertz CT molecular complexity index is 1000. The molecule has 0 unspecified atom stereocenters. The fourth-order valence-electron chi connectivity index (χ4n) is 3.88. The summed E-state index contributed by atoms with van der Waals surface area (Å²) in [5, 5.41) is 2.89. The molecule has 2 heterocycles. The van der Waals surface area contributed by atoms with Crippen molar-refractivity contribution >= 4 is 15.9 Å². The molecule has 160 valence electrons. The number of amides is 1. The van der Waals surface area contributed by atoms with Crippen molar-refractivity contribution in [3.05, 3.63) is 65.2 Å². The van der Waals surface area contributed by atoms with Gasteiger partial charge in [0, 0.05) is 44.8 Å². The zero-order valence-corrected chi connectivity index (χ0v) is 17.7. The summed E-state index contributed by atoms with van der Waals surface area (Å²) in [6, 6.07) is 14.2. The predicted molar refractivity (Wildman–Crippen MR) is 114 cm³/mol. The lowest BCUT2D eigenvalue weighted by atomic mass is 10.0. The lowest BCUT2D eigenvalue weighted by molar-refractivity contribution is 0.0383. The van der Waals surface area contributed by atoms with E-state index in [4.69, 9.17) is 4.74 Å². The molecule has 30 heavy (non-hydrogen) atoms. The molecule has 0 aliphatic carbocycles.